The topological polar surface area (TPSA) is 178 Å². The van der Waals surface area contributed by atoms with E-state index in [1.54, 1.807) is 0 Å². The van der Waals surface area contributed by atoms with Gasteiger partial charge in [-0.2, -0.15) is 0 Å². The van der Waals surface area contributed by atoms with Gasteiger partial charge in [0.1, 0.15) is 24.9 Å². The van der Waals surface area contributed by atoms with Gasteiger partial charge in [-0.25, -0.2) is 9.59 Å². The molecule has 0 bridgehead atoms. The smallest absolute Gasteiger partial charge is 0.407 e. The van der Waals surface area contributed by atoms with Gasteiger partial charge in [-0.3, -0.25) is 0 Å². The minimum atomic E-state index is -1.78. The number of aliphatic hydroxyl groups is 5. The van der Waals surface area contributed by atoms with Gasteiger partial charge in [0.2, 0.25) is 0 Å². The van der Waals surface area contributed by atoms with E-state index in [1.807, 2.05) is 0 Å². The van der Waals surface area contributed by atoms with Crippen LogP contribution >= 0.6 is 0 Å². The third kappa shape index (κ3) is 5.61. The molecule has 0 saturated carbocycles. The highest BCUT2D eigenvalue weighted by molar-refractivity contribution is 5.69. The molecule has 1 rings (SSSR count). The van der Waals surface area contributed by atoms with Gasteiger partial charge in [0.05, 0.1) is 19.3 Å². The fraction of sp³-hybridized carbons (Fsp3) is 0.818. The molecule has 5 atom stereocenters. The Morgan fingerprint density at radius 1 is 1.32 bits per heavy atom. The third-order valence-corrected chi connectivity index (χ3v) is 2.93. The molecule has 11 nitrogen and oxygen atoms in total. The van der Waals surface area contributed by atoms with Crippen LogP contribution in [0.4, 0.5) is 9.59 Å². The maximum atomic E-state index is 11.3. The second-order valence-electron chi connectivity index (χ2n) is 4.69. The summed E-state index contributed by atoms with van der Waals surface area (Å²) in [4.78, 5) is 22.0. The van der Waals surface area contributed by atoms with E-state index < -0.39 is 55.9 Å². The first kappa shape index (κ1) is 18.4. The Kier molecular flexibility index (Phi) is 7.27. The summed E-state index contributed by atoms with van der Waals surface area (Å²) < 4.78 is 9.44. The van der Waals surface area contributed by atoms with E-state index in [0.29, 0.717) is 0 Å². The van der Waals surface area contributed by atoms with Crippen LogP contribution < -0.4 is 10.6 Å². The first-order chi connectivity index (χ1) is 10.3. The van der Waals surface area contributed by atoms with Crippen LogP contribution in [0.2, 0.25) is 0 Å². The molecular formula is C11H20N2O9. The Bertz CT molecular complexity index is 381. The second-order valence-corrected chi connectivity index (χ2v) is 4.69. The fourth-order valence-electron chi connectivity index (χ4n) is 1.62. The highest BCUT2D eigenvalue weighted by atomic mass is 16.6. The third-order valence-electron chi connectivity index (χ3n) is 2.93. The summed E-state index contributed by atoms with van der Waals surface area (Å²) in [5.74, 6) is 0. The van der Waals surface area contributed by atoms with E-state index in [0.717, 1.165) is 0 Å². The Balaban J connectivity index is 2.23. The molecule has 22 heavy (non-hydrogen) atoms. The highest BCUT2D eigenvalue weighted by Gasteiger charge is 2.30. The van der Waals surface area contributed by atoms with Crippen molar-refractivity contribution in [3.05, 3.63) is 0 Å². The quantitative estimate of drug-likeness (QED) is 0.236. The molecule has 11 heteroatoms. The molecule has 0 aliphatic carbocycles. The molecule has 128 valence electrons. The predicted octanol–water partition coefficient (Wildman–Crippen LogP) is -3.74. The van der Waals surface area contributed by atoms with Crippen molar-refractivity contribution in [2.24, 2.45) is 0 Å². The average Bonchev–Trinajstić information content (AvgIpc) is 2.93. The number of rotatable bonds is 8. The van der Waals surface area contributed by atoms with E-state index in [1.165, 1.54) is 0 Å². The Hall–Kier alpha value is -1.66. The SMILES string of the molecule is O=C(NC[C@H](O)[C@@H](O)[C@H](O)[C@H](O)CO)OC[C@@H]1CNC(=O)O1. The average molecular weight is 324 g/mol. The molecule has 0 spiro atoms. The first-order valence-corrected chi connectivity index (χ1v) is 6.53. The monoisotopic (exact) mass is 324 g/mol. The predicted molar refractivity (Wildman–Crippen MR) is 68.7 cm³/mol. The summed E-state index contributed by atoms with van der Waals surface area (Å²) in [6, 6.07) is 0. The van der Waals surface area contributed by atoms with Gasteiger partial charge in [0, 0.05) is 6.54 Å². The number of carbonyl (C=O) groups excluding carboxylic acids is 2. The molecule has 1 saturated heterocycles. The van der Waals surface area contributed by atoms with E-state index in [9.17, 15) is 24.9 Å². The zero-order chi connectivity index (χ0) is 16.7. The molecule has 2 amide bonds. The van der Waals surface area contributed by atoms with Gasteiger partial charge in [0.25, 0.3) is 0 Å². The van der Waals surface area contributed by atoms with Crippen LogP contribution in [0.15, 0.2) is 0 Å². The molecule has 1 heterocycles. The summed E-state index contributed by atoms with van der Waals surface area (Å²) >= 11 is 0. The van der Waals surface area contributed by atoms with Gasteiger partial charge in [-0.15, -0.1) is 0 Å². The Morgan fingerprint density at radius 2 is 1.95 bits per heavy atom. The summed E-state index contributed by atoms with van der Waals surface area (Å²) in [6.45, 7) is -1.24. The number of amides is 2. The summed E-state index contributed by atoms with van der Waals surface area (Å²) in [5.41, 5.74) is 0. The number of aliphatic hydroxyl groups excluding tert-OH is 5. The standard InChI is InChI=1S/C11H20N2O9/c14-3-7(16)9(18)8(17)6(15)2-13-10(19)21-4-5-1-12-11(20)22-5/h5-9,14-18H,1-4H2,(H,12,20)(H,13,19)/t5-,6-,7+,8+,9+/m0/s1. The van der Waals surface area contributed by atoms with Crippen molar-refractivity contribution in [1.82, 2.24) is 10.6 Å². The summed E-state index contributed by atoms with van der Waals surface area (Å²) in [6.07, 6.45) is -8.90. The van der Waals surface area contributed by atoms with Crippen LogP contribution in [0.5, 0.6) is 0 Å². The molecule has 7 N–H and O–H groups in total. The number of carbonyl (C=O) groups is 2. The van der Waals surface area contributed by atoms with Crippen molar-refractivity contribution in [2.75, 3.05) is 26.3 Å². The lowest BCUT2D eigenvalue weighted by atomic mass is 10.0. The number of ether oxygens (including phenoxy) is 2. The molecule has 0 aromatic carbocycles. The first-order valence-electron chi connectivity index (χ1n) is 6.53. The van der Waals surface area contributed by atoms with Crippen molar-refractivity contribution in [3.8, 4) is 0 Å². The molecule has 1 aliphatic rings. The van der Waals surface area contributed by atoms with Gasteiger partial charge < -0.3 is 45.6 Å². The van der Waals surface area contributed by atoms with E-state index in [-0.39, 0.29) is 13.2 Å². The van der Waals surface area contributed by atoms with Crippen LogP contribution in [-0.2, 0) is 9.47 Å². The Morgan fingerprint density at radius 3 is 2.50 bits per heavy atom. The molecular weight excluding hydrogens is 304 g/mol. The number of hydrogen-bond acceptors (Lipinski definition) is 9. The number of nitrogens with one attached hydrogen (secondary N) is 2. The maximum absolute atomic E-state index is 11.3. The molecule has 0 unspecified atom stereocenters. The molecule has 0 aromatic rings. The van der Waals surface area contributed by atoms with Gasteiger partial charge in [0.15, 0.2) is 6.10 Å². The zero-order valence-electron chi connectivity index (χ0n) is 11.6. The largest absolute Gasteiger partial charge is 0.446 e. The lowest BCUT2D eigenvalue weighted by molar-refractivity contribution is -0.113. The normalized spacial score (nSPS) is 23.0. The van der Waals surface area contributed by atoms with Gasteiger partial charge >= 0.3 is 12.2 Å². The number of alkyl carbamates (subject to hydrolysis) is 2. The second kappa shape index (κ2) is 8.70. The van der Waals surface area contributed by atoms with Crippen LogP contribution in [0.3, 0.4) is 0 Å². The lowest BCUT2D eigenvalue weighted by Gasteiger charge is -2.25. The summed E-state index contributed by atoms with van der Waals surface area (Å²) in [5, 5.41) is 50.6. The van der Waals surface area contributed by atoms with E-state index in [2.05, 4.69) is 10.6 Å². The van der Waals surface area contributed by atoms with Gasteiger partial charge in [-0.05, 0) is 0 Å². The number of cyclic esters (lactones) is 1. The van der Waals surface area contributed by atoms with Crippen molar-refractivity contribution >= 4 is 12.2 Å². The van der Waals surface area contributed by atoms with Crippen molar-refractivity contribution < 1.29 is 44.6 Å². The zero-order valence-corrected chi connectivity index (χ0v) is 11.6. The van der Waals surface area contributed by atoms with E-state index >= 15 is 0 Å². The molecule has 1 fully saturated rings. The maximum Gasteiger partial charge on any atom is 0.407 e. The van der Waals surface area contributed by atoms with Crippen LogP contribution in [-0.4, -0.2) is 94.5 Å². The molecule has 0 aromatic heterocycles. The fourth-order valence-corrected chi connectivity index (χ4v) is 1.62. The van der Waals surface area contributed by atoms with Crippen LogP contribution in [0, 0.1) is 0 Å². The minimum Gasteiger partial charge on any atom is -0.446 e. The minimum absolute atomic E-state index is 0.185. The summed E-state index contributed by atoms with van der Waals surface area (Å²) in [7, 11) is 0. The molecule has 0 radical (unpaired) electrons. The van der Waals surface area contributed by atoms with E-state index in [4.69, 9.17) is 19.7 Å². The van der Waals surface area contributed by atoms with Crippen molar-refractivity contribution in [3.63, 3.8) is 0 Å². The highest BCUT2D eigenvalue weighted by Crippen LogP contribution is 2.05. The van der Waals surface area contributed by atoms with Crippen molar-refractivity contribution in [2.45, 2.75) is 30.5 Å². The number of hydrogen-bond donors (Lipinski definition) is 7. The van der Waals surface area contributed by atoms with Crippen molar-refractivity contribution in [1.29, 1.82) is 0 Å². The van der Waals surface area contributed by atoms with Gasteiger partial charge in [-0.1, -0.05) is 0 Å². The Labute approximate surface area is 125 Å². The van der Waals surface area contributed by atoms with Crippen LogP contribution in [0.1, 0.15) is 0 Å². The molecule has 1 aliphatic heterocycles. The van der Waals surface area contributed by atoms with Crippen LogP contribution in [0.25, 0.3) is 0 Å². The lowest BCUT2D eigenvalue weighted by Crippen LogP contribution is -2.49.